The number of aromatic amines is 1. The molecule has 8 heteroatoms. The van der Waals surface area contributed by atoms with E-state index >= 15 is 0 Å². The molecular weight excluding hydrogens is 354 g/mol. The number of benzene rings is 2. The van der Waals surface area contributed by atoms with Gasteiger partial charge in [-0.3, -0.25) is 9.89 Å². The Kier molecular flexibility index (Phi) is 4.37. The number of para-hydroxylation sites is 1. The summed E-state index contributed by atoms with van der Waals surface area (Å²) in [6.07, 6.45) is 3.21. The molecule has 0 fully saturated rings. The van der Waals surface area contributed by atoms with Gasteiger partial charge in [0.25, 0.3) is 0 Å². The maximum Gasteiger partial charge on any atom is 0.224 e. The molecule has 136 valence electrons. The number of amides is 1. The van der Waals surface area contributed by atoms with Crippen LogP contribution < -0.4 is 5.32 Å². The van der Waals surface area contributed by atoms with Crippen LogP contribution in [0.1, 0.15) is 12.3 Å². The van der Waals surface area contributed by atoms with E-state index in [0.717, 1.165) is 23.0 Å². The first-order chi connectivity index (χ1) is 13.1. The summed E-state index contributed by atoms with van der Waals surface area (Å²) in [6.45, 7) is 0. The second-order valence-corrected chi connectivity index (χ2v) is 5.90. The van der Waals surface area contributed by atoms with E-state index in [9.17, 15) is 13.6 Å². The Hall–Kier alpha value is -3.55. The van der Waals surface area contributed by atoms with Crippen molar-refractivity contribution < 1.29 is 18.0 Å². The van der Waals surface area contributed by atoms with Gasteiger partial charge in [-0.1, -0.05) is 18.2 Å². The highest BCUT2D eigenvalue weighted by Crippen LogP contribution is 2.27. The number of rotatable bonds is 5. The number of nitrogens with zero attached hydrogens (tertiary/aromatic N) is 2. The van der Waals surface area contributed by atoms with E-state index in [1.54, 1.807) is 12.3 Å². The second-order valence-electron chi connectivity index (χ2n) is 5.90. The molecule has 0 saturated carbocycles. The Balaban J connectivity index is 1.43. The molecule has 0 unspecified atom stereocenters. The number of carbonyl (C=O) groups excluding carboxylic acids is 1. The molecule has 27 heavy (non-hydrogen) atoms. The van der Waals surface area contributed by atoms with E-state index < -0.39 is 11.6 Å². The van der Waals surface area contributed by atoms with Gasteiger partial charge in [0.2, 0.25) is 5.91 Å². The highest BCUT2D eigenvalue weighted by atomic mass is 19.1. The SMILES string of the molecule is O=C(CCc1ncc(-c2c(F)cccc2F)o1)Nc1cccc2cn[nH]c12. The fourth-order valence-corrected chi connectivity index (χ4v) is 2.78. The molecule has 0 saturated heterocycles. The number of hydrogen-bond donors (Lipinski definition) is 2. The zero-order valence-corrected chi connectivity index (χ0v) is 14.0. The lowest BCUT2D eigenvalue weighted by Gasteiger charge is -2.05. The van der Waals surface area contributed by atoms with Gasteiger partial charge in [0, 0.05) is 18.2 Å². The third-order valence-electron chi connectivity index (χ3n) is 4.08. The normalized spacial score (nSPS) is 11.0. The molecule has 0 bridgehead atoms. The van der Waals surface area contributed by atoms with Crippen LogP contribution in [0.15, 0.2) is 53.2 Å². The molecule has 0 atom stereocenters. The average molecular weight is 368 g/mol. The standard InChI is InChI=1S/C19H14F2N4O2/c20-12-4-2-5-13(21)18(12)15-10-22-17(27-15)8-7-16(26)24-14-6-1-3-11-9-23-25-19(11)14/h1-6,9-10H,7-8H2,(H,23,25)(H,24,26). The zero-order valence-electron chi connectivity index (χ0n) is 14.0. The van der Waals surface area contributed by atoms with Crippen LogP contribution >= 0.6 is 0 Å². The van der Waals surface area contributed by atoms with Crippen molar-refractivity contribution in [1.29, 1.82) is 0 Å². The van der Waals surface area contributed by atoms with Gasteiger partial charge in [0.1, 0.15) is 11.6 Å². The van der Waals surface area contributed by atoms with Crippen LogP contribution in [0.2, 0.25) is 0 Å². The summed E-state index contributed by atoms with van der Waals surface area (Å²) in [6, 6.07) is 9.02. The van der Waals surface area contributed by atoms with Crippen LogP contribution in [-0.4, -0.2) is 21.1 Å². The molecule has 2 heterocycles. The quantitative estimate of drug-likeness (QED) is 0.556. The van der Waals surface area contributed by atoms with E-state index in [4.69, 9.17) is 4.42 Å². The maximum atomic E-state index is 13.8. The van der Waals surface area contributed by atoms with Crippen LogP contribution in [0, 0.1) is 11.6 Å². The molecule has 0 radical (unpaired) electrons. The van der Waals surface area contributed by atoms with Crippen LogP contribution in [0.4, 0.5) is 14.5 Å². The molecule has 4 aromatic rings. The Bertz CT molecular complexity index is 1100. The molecule has 0 spiro atoms. The highest BCUT2D eigenvalue weighted by molar-refractivity contribution is 6.00. The molecule has 0 aliphatic heterocycles. The second kappa shape index (κ2) is 6.99. The topological polar surface area (TPSA) is 83.8 Å². The minimum Gasteiger partial charge on any atom is -0.441 e. The van der Waals surface area contributed by atoms with E-state index in [2.05, 4.69) is 20.5 Å². The predicted molar refractivity (Wildman–Crippen MR) is 94.9 cm³/mol. The number of carbonyl (C=O) groups is 1. The number of aromatic nitrogens is 3. The Morgan fingerprint density at radius 1 is 1.11 bits per heavy atom. The number of aryl methyl sites for hydroxylation is 1. The third-order valence-corrected chi connectivity index (χ3v) is 4.08. The summed E-state index contributed by atoms with van der Waals surface area (Å²) in [5, 5.41) is 10.5. The Labute approximate surface area is 152 Å². The first-order valence-corrected chi connectivity index (χ1v) is 8.23. The molecule has 6 nitrogen and oxygen atoms in total. The number of anilines is 1. The zero-order chi connectivity index (χ0) is 18.8. The average Bonchev–Trinajstić information content (AvgIpc) is 3.30. The van der Waals surface area contributed by atoms with Crippen molar-refractivity contribution in [3.8, 4) is 11.3 Å². The van der Waals surface area contributed by atoms with Gasteiger partial charge in [-0.15, -0.1) is 0 Å². The summed E-state index contributed by atoms with van der Waals surface area (Å²) in [7, 11) is 0. The van der Waals surface area contributed by atoms with Gasteiger partial charge in [-0.2, -0.15) is 5.10 Å². The molecule has 2 N–H and O–H groups in total. The highest BCUT2D eigenvalue weighted by Gasteiger charge is 2.16. The van der Waals surface area contributed by atoms with Crippen LogP contribution in [0.3, 0.4) is 0 Å². The summed E-state index contributed by atoms with van der Waals surface area (Å²) < 4.78 is 33.0. The van der Waals surface area contributed by atoms with Gasteiger partial charge in [0.05, 0.1) is 29.2 Å². The lowest BCUT2D eigenvalue weighted by molar-refractivity contribution is -0.116. The number of H-pyrrole nitrogens is 1. The van der Waals surface area contributed by atoms with E-state index in [1.807, 2.05) is 12.1 Å². The van der Waals surface area contributed by atoms with Gasteiger partial charge in [0.15, 0.2) is 11.7 Å². The minimum absolute atomic E-state index is 0.0109. The maximum absolute atomic E-state index is 13.8. The van der Waals surface area contributed by atoms with Crippen LogP contribution in [0.25, 0.3) is 22.2 Å². The fraction of sp³-hybridized carbons (Fsp3) is 0.105. The molecule has 4 rings (SSSR count). The summed E-state index contributed by atoms with van der Waals surface area (Å²) in [5.41, 5.74) is 1.09. The lowest BCUT2D eigenvalue weighted by atomic mass is 10.1. The lowest BCUT2D eigenvalue weighted by Crippen LogP contribution is -2.12. The van der Waals surface area contributed by atoms with E-state index in [1.165, 1.54) is 12.3 Å². The summed E-state index contributed by atoms with van der Waals surface area (Å²) in [5.74, 6) is -1.49. The number of hydrogen-bond acceptors (Lipinski definition) is 4. The predicted octanol–water partition coefficient (Wildman–Crippen LogP) is 4.07. The fourth-order valence-electron chi connectivity index (χ4n) is 2.78. The first kappa shape index (κ1) is 16.9. The molecular formula is C19H14F2N4O2. The Morgan fingerprint density at radius 2 is 1.89 bits per heavy atom. The molecule has 2 aromatic heterocycles. The van der Waals surface area contributed by atoms with Crippen molar-refractivity contribution in [3.05, 3.63) is 66.3 Å². The van der Waals surface area contributed by atoms with Gasteiger partial charge in [-0.05, 0) is 18.2 Å². The largest absolute Gasteiger partial charge is 0.441 e. The van der Waals surface area contributed by atoms with E-state index in [0.29, 0.717) is 5.69 Å². The van der Waals surface area contributed by atoms with Crippen LogP contribution in [0.5, 0.6) is 0 Å². The monoisotopic (exact) mass is 368 g/mol. The smallest absolute Gasteiger partial charge is 0.224 e. The van der Waals surface area contributed by atoms with Crippen molar-refractivity contribution >= 4 is 22.5 Å². The van der Waals surface area contributed by atoms with Crippen molar-refractivity contribution in [1.82, 2.24) is 15.2 Å². The number of nitrogens with one attached hydrogen (secondary N) is 2. The number of fused-ring (bicyclic) bond motifs is 1. The van der Waals surface area contributed by atoms with Gasteiger partial charge < -0.3 is 9.73 Å². The minimum atomic E-state index is -0.733. The van der Waals surface area contributed by atoms with Crippen molar-refractivity contribution in [2.24, 2.45) is 0 Å². The van der Waals surface area contributed by atoms with E-state index in [-0.39, 0.29) is 36.0 Å². The van der Waals surface area contributed by atoms with Crippen LogP contribution in [-0.2, 0) is 11.2 Å². The molecule has 0 aliphatic carbocycles. The number of halogens is 2. The number of oxazole rings is 1. The van der Waals surface area contributed by atoms with Crippen molar-refractivity contribution in [3.63, 3.8) is 0 Å². The van der Waals surface area contributed by atoms with Crippen molar-refractivity contribution in [2.75, 3.05) is 5.32 Å². The summed E-state index contributed by atoms with van der Waals surface area (Å²) >= 11 is 0. The summed E-state index contributed by atoms with van der Waals surface area (Å²) in [4.78, 5) is 16.2. The van der Waals surface area contributed by atoms with Crippen molar-refractivity contribution in [2.45, 2.75) is 12.8 Å². The molecule has 2 aromatic carbocycles. The molecule has 1 amide bonds. The van der Waals surface area contributed by atoms with Gasteiger partial charge >= 0.3 is 0 Å². The van der Waals surface area contributed by atoms with Gasteiger partial charge in [-0.25, -0.2) is 13.8 Å². The third kappa shape index (κ3) is 3.41. The molecule has 0 aliphatic rings. The first-order valence-electron chi connectivity index (χ1n) is 8.23. The Morgan fingerprint density at radius 3 is 2.70 bits per heavy atom.